The van der Waals surface area contributed by atoms with Crippen LogP contribution in [0.2, 0.25) is 0 Å². The van der Waals surface area contributed by atoms with E-state index in [2.05, 4.69) is 10.2 Å². The average molecular weight is 263 g/mol. The summed E-state index contributed by atoms with van der Waals surface area (Å²) in [7, 11) is 0. The molecule has 8 nitrogen and oxygen atoms in total. The molecule has 0 unspecified atom stereocenters. The summed E-state index contributed by atoms with van der Waals surface area (Å²) < 4.78 is 5.27. The summed E-state index contributed by atoms with van der Waals surface area (Å²) in [5.74, 6) is -0.527. The second-order valence-corrected chi connectivity index (χ2v) is 3.70. The Hall–Kier alpha value is -2.77. The molecule has 19 heavy (non-hydrogen) atoms. The molecular formula is C11H9N3O5. The van der Waals surface area contributed by atoms with Crippen molar-refractivity contribution in [3.05, 3.63) is 40.3 Å². The van der Waals surface area contributed by atoms with Crippen molar-refractivity contribution in [1.82, 2.24) is 10.2 Å². The van der Waals surface area contributed by atoms with E-state index in [4.69, 9.17) is 9.52 Å². The minimum absolute atomic E-state index is 0.0330. The number of carbonyl (C=O) groups is 1. The van der Waals surface area contributed by atoms with E-state index in [1.54, 1.807) is 0 Å². The second-order valence-electron chi connectivity index (χ2n) is 3.70. The number of carboxylic acid groups (broad SMARTS) is 1. The minimum Gasteiger partial charge on any atom is -0.481 e. The van der Waals surface area contributed by atoms with Gasteiger partial charge in [0, 0.05) is 24.1 Å². The maximum atomic E-state index is 10.5. The standard InChI is InChI=1S/C11H9N3O5/c15-10(16)6-5-9-12-13-11(19-9)7-1-3-8(4-2-7)14(17)18/h1-4H,5-6H2,(H,15,16). The van der Waals surface area contributed by atoms with Crippen molar-refractivity contribution in [2.24, 2.45) is 0 Å². The minimum atomic E-state index is -0.949. The number of non-ortho nitro benzene ring substituents is 1. The van der Waals surface area contributed by atoms with Crippen LogP contribution in [0, 0.1) is 10.1 Å². The highest BCUT2D eigenvalue weighted by Gasteiger charge is 2.11. The first-order valence-corrected chi connectivity index (χ1v) is 5.35. The molecule has 0 fully saturated rings. The number of nitrogens with zero attached hydrogens (tertiary/aromatic N) is 3. The van der Waals surface area contributed by atoms with Gasteiger partial charge in [-0.15, -0.1) is 10.2 Å². The SMILES string of the molecule is O=C(O)CCc1nnc(-c2ccc([N+](=O)[O-])cc2)o1. The molecule has 1 N–H and O–H groups in total. The Morgan fingerprint density at radius 3 is 2.58 bits per heavy atom. The molecule has 0 atom stereocenters. The maximum absolute atomic E-state index is 10.5. The van der Waals surface area contributed by atoms with Crippen molar-refractivity contribution < 1.29 is 19.2 Å². The predicted octanol–water partition coefficient (Wildman–Crippen LogP) is 1.66. The Labute approximate surface area is 106 Å². The lowest BCUT2D eigenvalue weighted by atomic mass is 10.2. The van der Waals surface area contributed by atoms with Gasteiger partial charge in [-0.1, -0.05) is 0 Å². The van der Waals surface area contributed by atoms with Crippen molar-refractivity contribution in [2.45, 2.75) is 12.8 Å². The second kappa shape index (κ2) is 5.25. The number of nitro groups is 1. The topological polar surface area (TPSA) is 119 Å². The maximum Gasteiger partial charge on any atom is 0.303 e. The van der Waals surface area contributed by atoms with Crippen LogP contribution in [-0.4, -0.2) is 26.2 Å². The van der Waals surface area contributed by atoms with Crippen LogP contribution in [0.4, 0.5) is 5.69 Å². The van der Waals surface area contributed by atoms with E-state index in [0.29, 0.717) is 5.56 Å². The van der Waals surface area contributed by atoms with E-state index < -0.39 is 10.9 Å². The molecule has 1 aromatic heterocycles. The van der Waals surface area contributed by atoms with Crippen LogP contribution in [0.25, 0.3) is 11.5 Å². The van der Waals surface area contributed by atoms with Crippen LogP contribution in [0.5, 0.6) is 0 Å². The van der Waals surface area contributed by atoms with Crippen molar-refractivity contribution in [1.29, 1.82) is 0 Å². The van der Waals surface area contributed by atoms with Crippen LogP contribution in [0.3, 0.4) is 0 Å². The monoisotopic (exact) mass is 263 g/mol. The summed E-state index contributed by atoms with van der Waals surface area (Å²) >= 11 is 0. The first kappa shape index (κ1) is 12.7. The van der Waals surface area contributed by atoms with Crippen molar-refractivity contribution in [3.63, 3.8) is 0 Å². The molecule has 0 aliphatic carbocycles. The largest absolute Gasteiger partial charge is 0.481 e. The first-order chi connectivity index (χ1) is 9.06. The predicted molar refractivity (Wildman–Crippen MR) is 62.3 cm³/mol. The molecule has 0 aliphatic rings. The van der Waals surface area contributed by atoms with Crippen molar-refractivity contribution in [2.75, 3.05) is 0 Å². The summed E-state index contributed by atoms with van der Waals surface area (Å²) in [5, 5.41) is 26.5. The number of carboxylic acids is 1. The Balaban J connectivity index is 2.13. The van der Waals surface area contributed by atoms with E-state index >= 15 is 0 Å². The normalized spacial score (nSPS) is 10.3. The van der Waals surface area contributed by atoms with E-state index in [9.17, 15) is 14.9 Å². The molecule has 98 valence electrons. The van der Waals surface area contributed by atoms with E-state index in [-0.39, 0.29) is 30.3 Å². The lowest BCUT2D eigenvalue weighted by Crippen LogP contribution is -1.97. The highest BCUT2D eigenvalue weighted by molar-refractivity contribution is 5.66. The highest BCUT2D eigenvalue weighted by Crippen LogP contribution is 2.21. The highest BCUT2D eigenvalue weighted by atomic mass is 16.6. The number of aromatic nitrogens is 2. The molecule has 0 amide bonds. The Kier molecular flexibility index (Phi) is 3.51. The quantitative estimate of drug-likeness (QED) is 0.643. The van der Waals surface area contributed by atoms with Crippen LogP contribution in [0.1, 0.15) is 12.3 Å². The fraction of sp³-hybridized carbons (Fsp3) is 0.182. The Bertz CT molecular complexity index is 605. The van der Waals surface area contributed by atoms with Crippen molar-refractivity contribution >= 4 is 11.7 Å². The zero-order valence-electron chi connectivity index (χ0n) is 9.65. The third-order valence-electron chi connectivity index (χ3n) is 2.34. The number of aryl methyl sites for hydroxylation is 1. The van der Waals surface area contributed by atoms with E-state index in [1.807, 2.05) is 0 Å². The summed E-state index contributed by atoms with van der Waals surface area (Å²) in [6.45, 7) is 0. The molecule has 0 aliphatic heterocycles. The van der Waals surface area contributed by atoms with Gasteiger partial charge in [-0.25, -0.2) is 0 Å². The van der Waals surface area contributed by atoms with E-state index in [0.717, 1.165) is 0 Å². The summed E-state index contributed by atoms with van der Waals surface area (Å²) in [6.07, 6.45) is 0.0528. The average Bonchev–Trinajstić information content (AvgIpc) is 2.85. The Morgan fingerprint density at radius 2 is 2.00 bits per heavy atom. The molecule has 0 bridgehead atoms. The zero-order valence-corrected chi connectivity index (χ0v) is 9.65. The summed E-state index contributed by atoms with van der Waals surface area (Å²) in [6, 6.07) is 5.64. The lowest BCUT2D eigenvalue weighted by Gasteiger charge is -1.94. The van der Waals surface area contributed by atoms with E-state index in [1.165, 1.54) is 24.3 Å². The fourth-order valence-corrected chi connectivity index (χ4v) is 1.41. The number of aliphatic carboxylic acids is 1. The van der Waals surface area contributed by atoms with Gasteiger partial charge in [-0.2, -0.15) is 0 Å². The van der Waals surface area contributed by atoms with Crippen LogP contribution < -0.4 is 0 Å². The van der Waals surface area contributed by atoms with Crippen LogP contribution in [-0.2, 0) is 11.2 Å². The smallest absolute Gasteiger partial charge is 0.303 e. The molecular weight excluding hydrogens is 254 g/mol. The fourth-order valence-electron chi connectivity index (χ4n) is 1.41. The number of rotatable bonds is 5. The number of hydrogen-bond donors (Lipinski definition) is 1. The van der Waals surface area contributed by atoms with Gasteiger partial charge < -0.3 is 9.52 Å². The molecule has 0 saturated carbocycles. The number of hydrogen-bond acceptors (Lipinski definition) is 6. The zero-order chi connectivity index (χ0) is 13.8. The molecule has 1 heterocycles. The van der Waals surface area contributed by atoms with Crippen LogP contribution >= 0.6 is 0 Å². The van der Waals surface area contributed by atoms with Gasteiger partial charge in [0.15, 0.2) is 0 Å². The van der Waals surface area contributed by atoms with Gasteiger partial charge in [0.1, 0.15) is 0 Å². The third kappa shape index (κ3) is 3.12. The summed E-state index contributed by atoms with van der Waals surface area (Å²) in [4.78, 5) is 20.4. The van der Waals surface area contributed by atoms with Gasteiger partial charge >= 0.3 is 5.97 Å². The number of benzene rings is 1. The third-order valence-corrected chi connectivity index (χ3v) is 2.34. The molecule has 0 spiro atoms. The molecule has 0 radical (unpaired) electrons. The number of nitro benzene ring substituents is 1. The molecule has 2 aromatic rings. The van der Waals surface area contributed by atoms with Crippen LogP contribution in [0.15, 0.2) is 28.7 Å². The first-order valence-electron chi connectivity index (χ1n) is 5.35. The van der Waals surface area contributed by atoms with Gasteiger partial charge in [-0.05, 0) is 12.1 Å². The van der Waals surface area contributed by atoms with Gasteiger partial charge in [0.25, 0.3) is 5.69 Å². The van der Waals surface area contributed by atoms with Gasteiger partial charge in [-0.3, -0.25) is 14.9 Å². The van der Waals surface area contributed by atoms with Gasteiger partial charge in [0.05, 0.1) is 11.3 Å². The van der Waals surface area contributed by atoms with Crippen molar-refractivity contribution in [3.8, 4) is 11.5 Å². The van der Waals surface area contributed by atoms with Gasteiger partial charge in [0.2, 0.25) is 11.8 Å². The molecule has 2 rings (SSSR count). The molecule has 1 aromatic carbocycles. The summed E-state index contributed by atoms with van der Waals surface area (Å²) in [5.41, 5.74) is 0.508. The lowest BCUT2D eigenvalue weighted by molar-refractivity contribution is -0.384. The molecule has 0 saturated heterocycles. The molecule has 8 heteroatoms. The Morgan fingerprint density at radius 1 is 1.32 bits per heavy atom.